The van der Waals surface area contributed by atoms with E-state index in [9.17, 15) is 14.0 Å². The second kappa shape index (κ2) is 6.82. The van der Waals surface area contributed by atoms with Gasteiger partial charge in [0, 0.05) is 13.1 Å². The summed E-state index contributed by atoms with van der Waals surface area (Å²) < 4.78 is 18.5. The molecule has 1 N–H and O–H groups in total. The second-order valence-corrected chi connectivity index (χ2v) is 4.83. The van der Waals surface area contributed by atoms with Crippen molar-refractivity contribution >= 4 is 23.4 Å². The molecule has 2 rings (SSSR count). The molecular formula is C13H15ClFN3O3. The molecule has 2 heterocycles. The van der Waals surface area contributed by atoms with Gasteiger partial charge in [0.05, 0.1) is 25.0 Å². The lowest BCUT2D eigenvalue weighted by Crippen LogP contribution is -2.55. The molecule has 1 aliphatic heterocycles. The van der Waals surface area contributed by atoms with Crippen LogP contribution < -0.4 is 5.32 Å². The summed E-state index contributed by atoms with van der Waals surface area (Å²) in [5.41, 5.74) is -0.0622. The van der Waals surface area contributed by atoms with E-state index in [1.54, 1.807) is 6.92 Å². The molecule has 0 aromatic carbocycles. The van der Waals surface area contributed by atoms with E-state index >= 15 is 0 Å². The molecule has 0 radical (unpaired) electrons. The summed E-state index contributed by atoms with van der Waals surface area (Å²) in [6, 6.07) is 0.257. The molecule has 1 saturated heterocycles. The van der Waals surface area contributed by atoms with Crippen molar-refractivity contribution in [2.75, 3.05) is 26.3 Å². The van der Waals surface area contributed by atoms with Gasteiger partial charge in [0.1, 0.15) is 17.0 Å². The molecule has 1 fully saturated rings. The highest BCUT2D eigenvalue weighted by molar-refractivity contribution is 6.32. The molecule has 0 bridgehead atoms. The number of hydrogen-bond acceptors (Lipinski definition) is 4. The van der Waals surface area contributed by atoms with Crippen LogP contribution in [-0.4, -0.2) is 54.0 Å². The van der Waals surface area contributed by atoms with E-state index in [0.29, 0.717) is 13.2 Å². The molecule has 21 heavy (non-hydrogen) atoms. The fraction of sp³-hybridized carbons (Fsp3) is 0.462. The third-order valence-electron chi connectivity index (χ3n) is 3.08. The summed E-state index contributed by atoms with van der Waals surface area (Å²) in [5, 5.41) is 2.55. The quantitative estimate of drug-likeness (QED) is 0.840. The maximum absolute atomic E-state index is 13.3. The van der Waals surface area contributed by atoms with Crippen LogP contribution in [0.15, 0.2) is 12.3 Å². The average Bonchev–Trinajstić information content (AvgIpc) is 2.49. The minimum Gasteiger partial charge on any atom is -0.377 e. The Morgan fingerprint density at radius 1 is 1.62 bits per heavy atom. The number of halogens is 2. The van der Waals surface area contributed by atoms with Crippen molar-refractivity contribution in [2.45, 2.75) is 13.0 Å². The summed E-state index contributed by atoms with van der Waals surface area (Å²) in [7, 11) is 0. The SMILES string of the molecule is CCNC(=O)C1COCCN1C(=O)c1cc(F)cnc1Cl. The van der Waals surface area contributed by atoms with E-state index in [-0.39, 0.29) is 29.8 Å². The van der Waals surface area contributed by atoms with Crippen LogP contribution in [0.2, 0.25) is 5.15 Å². The fourth-order valence-electron chi connectivity index (χ4n) is 2.08. The van der Waals surface area contributed by atoms with Crippen molar-refractivity contribution in [3.05, 3.63) is 28.8 Å². The van der Waals surface area contributed by atoms with Gasteiger partial charge in [-0.3, -0.25) is 9.59 Å². The van der Waals surface area contributed by atoms with Crippen LogP contribution in [0.4, 0.5) is 4.39 Å². The number of nitrogens with zero attached hydrogens (tertiary/aromatic N) is 2. The lowest BCUT2D eigenvalue weighted by atomic mass is 10.1. The summed E-state index contributed by atoms with van der Waals surface area (Å²) in [6.45, 7) is 2.86. The Kier molecular flexibility index (Phi) is 5.08. The third kappa shape index (κ3) is 3.48. The zero-order valence-electron chi connectivity index (χ0n) is 11.4. The van der Waals surface area contributed by atoms with Gasteiger partial charge in [-0.2, -0.15) is 0 Å². The van der Waals surface area contributed by atoms with Gasteiger partial charge in [-0.1, -0.05) is 11.6 Å². The first kappa shape index (κ1) is 15.7. The number of morpholine rings is 1. The van der Waals surface area contributed by atoms with Gasteiger partial charge in [0.25, 0.3) is 5.91 Å². The molecule has 114 valence electrons. The molecule has 1 aromatic rings. The van der Waals surface area contributed by atoms with Crippen molar-refractivity contribution in [2.24, 2.45) is 0 Å². The van der Waals surface area contributed by atoms with Crippen LogP contribution in [0.5, 0.6) is 0 Å². The van der Waals surface area contributed by atoms with E-state index in [1.165, 1.54) is 4.90 Å². The van der Waals surface area contributed by atoms with Gasteiger partial charge in [0.2, 0.25) is 5.91 Å². The van der Waals surface area contributed by atoms with Crippen molar-refractivity contribution < 1.29 is 18.7 Å². The van der Waals surface area contributed by atoms with Crippen LogP contribution in [0, 0.1) is 5.82 Å². The summed E-state index contributed by atoms with van der Waals surface area (Å²) in [5.74, 6) is -1.51. The Labute approximate surface area is 126 Å². The first-order valence-electron chi connectivity index (χ1n) is 6.52. The van der Waals surface area contributed by atoms with E-state index in [2.05, 4.69) is 10.3 Å². The van der Waals surface area contributed by atoms with E-state index in [1.807, 2.05) is 0 Å². The first-order valence-corrected chi connectivity index (χ1v) is 6.89. The predicted molar refractivity (Wildman–Crippen MR) is 73.5 cm³/mol. The van der Waals surface area contributed by atoms with Crippen molar-refractivity contribution in [3.8, 4) is 0 Å². The minimum absolute atomic E-state index is 0.0622. The van der Waals surface area contributed by atoms with Gasteiger partial charge in [0.15, 0.2) is 0 Å². The largest absolute Gasteiger partial charge is 0.377 e. The Balaban J connectivity index is 2.26. The van der Waals surface area contributed by atoms with Gasteiger partial charge < -0.3 is 15.0 Å². The molecule has 8 heteroatoms. The molecule has 1 aliphatic rings. The number of pyridine rings is 1. The molecule has 0 aliphatic carbocycles. The highest BCUT2D eigenvalue weighted by atomic mass is 35.5. The maximum atomic E-state index is 13.3. The average molecular weight is 316 g/mol. The number of carbonyl (C=O) groups is 2. The van der Waals surface area contributed by atoms with Gasteiger partial charge in [-0.05, 0) is 13.0 Å². The normalized spacial score (nSPS) is 18.4. The zero-order chi connectivity index (χ0) is 15.4. The summed E-state index contributed by atoms with van der Waals surface area (Å²) >= 11 is 5.84. The molecule has 1 atom stereocenters. The number of likely N-dealkylation sites (N-methyl/N-ethyl adjacent to an activating group) is 1. The standard InChI is InChI=1S/C13H15ClFN3O3/c1-2-16-12(19)10-7-21-4-3-18(10)13(20)9-5-8(15)6-17-11(9)14/h5-6,10H,2-4,7H2,1H3,(H,16,19). The zero-order valence-corrected chi connectivity index (χ0v) is 12.2. The molecule has 6 nitrogen and oxygen atoms in total. The molecule has 2 amide bonds. The van der Waals surface area contributed by atoms with Crippen LogP contribution in [-0.2, 0) is 9.53 Å². The second-order valence-electron chi connectivity index (χ2n) is 4.48. The Bertz CT molecular complexity index is 555. The highest BCUT2D eigenvalue weighted by Gasteiger charge is 2.34. The number of nitrogens with one attached hydrogen (secondary N) is 1. The van der Waals surface area contributed by atoms with Crippen LogP contribution in [0.3, 0.4) is 0 Å². The number of rotatable bonds is 3. The lowest BCUT2D eigenvalue weighted by molar-refractivity contribution is -0.130. The topological polar surface area (TPSA) is 71.5 Å². The van der Waals surface area contributed by atoms with Gasteiger partial charge >= 0.3 is 0 Å². The number of aromatic nitrogens is 1. The predicted octanol–water partition coefficient (Wildman–Crippen LogP) is 0.851. The number of hydrogen-bond donors (Lipinski definition) is 1. The number of amides is 2. The monoisotopic (exact) mass is 315 g/mol. The van der Waals surface area contributed by atoms with Crippen molar-refractivity contribution in [3.63, 3.8) is 0 Å². The Hall–Kier alpha value is -1.73. The molecule has 0 spiro atoms. The Morgan fingerprint density at radius 2 is 2.38 bits per heavy atom. The van der Waals surface area contributed by atoms with Crippen LogP contribution in [0.25, 0.3) is 0 Å². The van der Waals surface area contributed by atoms with Crippen LogP contribution >= 0.6 is 11.6 Å². The molecule has 0 saturated carbocycles. The summed E-state index contributed by atoms with van der Waals surface area (Å²) in [4.78, 5) is 29.4. The third-order valence-corrected chi connectivity index (χ3v) is 3.38. The highest BCUT2D eigenvalue weighted by Crippen LogP contribution is 2.19. The summed E-state index contributed by atoms with van der Waals surface area (Å²) in [6.07, 6.45) is 0.930. The Morgan fingerprint density at radius 3 is 3.10 bits per heavy atom. The number of ether oxygens (including phenoxy) is 1. The molecule has 1 unspecified atom stereocenters. The minimum atomic E-state index is -0.759. The molecule has 1 aromatic heterocycles. The van der Waals surface area contributed by atoms with E-state index in [0.717, 1.165) is 12.3 Å². The van der Waals surface area contributed by atoms with E-state index < -0.39 is 17.8 Å². The smallest absolute Gasteiger partial charge is 0.257 e. The van der Waals surface area contributed by atoms with Crippen molar-refractivity contribution in [1.82, 2.24) is 15.2 Å². The van der Waals surface area contributed by atoms with Crippen molar-refractivity contribution in [1.29, 1.82) is 0 Å². The fourth-order valence-corrected chi connectivity index (χ4v) is 2.27. The first-order chi connectivity index (χ1) is 10.0. The maximum Gasteiger partial charge on any atom is 0.257 e. The number of carbonyl (C=O) groups excluding carboxylic acids is 2. The molecular weight excluding hydrogens is 301 g/mol. The van der Waals surface area contributed by atoms with E-state index in [4.69, 9.17) is 16.3 Å². The van der Waals surface area contributed by atoms with Gasteiger partial charge in [-0.25, -0.2) is 9.37 Å². The lowest BCUT2D eigenvalue weighted by Gasteiger charge is -2.34. The van der Waals surface area contributed by atoms with Gasteiger partial charge in [-0.15, -0.1) is 0 Å². The van der Waals surface area contributed by atoms with Crippen LogP contribution in [0.1, 0.15) is 17.3 Å².